The number of fused-ring (bicyclic) bond motifs is 1. The molecule has 5 rings (SSSR count). The molecular weight excluding hydrogens is 362 g/mol. The quantitative estimate of drug-likeness (QED) is 0.584. The smallest absolute Gasteiger partial charge is 0.164 e. The predicted octanol–water partition coefficient (Wildman–Crippen LogP) is 3.05. The molecule has 0 radical (unpaired) electrons. The predicted molar refractivity (Wildman–Crippen MR) is 116 cm³/mol. The van der Waals surface area contributed by atoms with Gasteiger partial charge in [-0.05, 0) is 51.4 Å². The Hall–Kier alpha value is -2.51. The van der Waals surface area contributed by atoms with Gasteiger partial charge in [-0.2, -0.15) is 5.10 Å². The molecule has 2 aromatic heterocycles. The average molecular weight is 392 g/mol. The van der Waals surface area contributed by atoms with E-state index in [-0.39, 0.29) is 0 Å². The van der Waals surface area contributed by atoms with Gasteiger partial charge in [-0.3, -0.25) is 0 Å². The third-order valence-electron chi connectivity index (χ3n) is 5.65. The van der Waals surface area contributed by atoms with Crippen molar-refractivity contribution in [3.63, 3.8) is 0 Å². The van der Waals surface area contributed by atoms with Gasteiger partial charge in [0.1, 0.15) is 5.82 Å². The van der Waals surface area contributed by atoms with Gasteiger partial charge >= 0.3 is 0 Å². The summed E-state index contributed by atoms with van der Waals surface area (Å²) in [4.78, 5) is 12.2. The van der Waals surface area contributed by atoms with E-state index in [1.807, 2.05) is 13.2 Å². The molecule has 3 aromatic rings. The number of rotatable bonds is 9. The van der Waals surface area contributed by atoms with Gasteiger partial charge < -0.3 is 15.5 Å². The van der Waals surface area contributed by atoms with E-state index in [4.69, 9.17) is 9.97 Å². The number of nitrogens with one attached hydrogen (secondary N) is 2. The normalized spacial score (nSPS) is 16.7. The first-order chi connectivity index (χ1) is 14.2. The molecule has 0 aliphatic heterocycles. The summed E-state index contributed by atoms with van der Waals surface area (Å²) in [7, 11) is 4.14. The van der Waals surface area contributed by atoms with Crippen molar-refractivity contribution in [3.05, 3.63) is 36.0 Å². The zero-order valence-electron chi connectivity index (χ0n) is 17.2. The van der Waals surface area contributed by atoms with Gasteiger partial charge in [-0.1, -0.05) is 18.2 Å². The highest BCUT2D eigenvalue weighted by Crippen LogP contribution is 2.38. The zero-order valence-corrected chi connectivity index (χ0v) is 17.2. The van der Waals surface area contributed by atoms with Crippen LogP contribution in [0.4, 0.5) is 5.82 Å². The summed E-state index contributed by atoms with van der Waals surface area (Å²) in [5.41, 5.74) is 3.29. The molecule has 1 aromatic carbocycles. The Morgan fingerprint density at radius 2 is 2.03 bits per heavy atom. The molecule has 7 nitrogen and oxygen atoms in total. The topological polar surface area (TPSA) is 70.9 Å². The molecule has 0 amide bonds. The zero-order chi connectivity index (χ0) is 19.8. The minimum absolute atomic E-state index is 0.496. The second kappa shape index (κ2) is 7.72. The molecule has 7 heteroatoms. The summed E-state index contributed by atoms with van der Waals surface area (Å²) < 4.78 is 2.09. The van der Waals surface area contributed by atoms with E-state index in [0.717, 1.165) is 47.9 Å². The molecule has 2 N–H and O–H groups in total. The first-order valence-corrected chi connectivity index (χ1v) is 10.7. The highest BCUT2D eigenvalue weighted by atomic mass is 15.3. The van der Waals surface area contributed by atoms with E-state index in [0.29, 0.717) is 12.1 Å². The van der Waals surface area contributed by atoms with Crippen LogP contribution in [-0.4, -0.2) is 57.9 Å². The lowest BCUT2D eigenvalue weighted by Crippen LogP contribution is -2.26. The number of anilines is 1. The Balaban J connectivity index is 1.49. The van der Waals surface area contributed by atoms with E-state index in [1.165, 1.54) is 31.2 Å². The summed E-state index contributed by atoms with van der Waals surface area (Å²) in [6.45, 7) is 2.90. The average Bonchev–Trinajstić information content (AvgIpc) is 3.66. The molecule has 0 atom stereocenters. The largest absolute Gasteiger partial charge is 0.367 e. The molecule has 29 heavy (non-hydrogen) atoms. The van der Waals surface area contributed by atoms with Crippen molar-refractivity contribution in [1.82, 2.24) is 30.0 Å². The molecule has 0 spiro atoms. The van der Waals surface area contributed by atoms with Crippen LogP contribution in [0.5, 0.6) is 0 Å². The van der Waals surface area contributed by atoms with Crippen molar-refractivity contribution in [2.75, 3.05) is 32.5 Å². The lowest BCUT2D eigenvalue weighted by molar-refractivity contribution is 0.328. The summed E-state index contributed by atoms with van der Waals surface area (Å²) in [6, 6.07) is 9.65. The van der Waals surface area contributed by atoms with Gasteiger partial charge in [0, 0.05) is 31.2 Å². The fraction of sp³-hybridized carbons (Fsp3) is 0.500. The van der Waals surface area contributed by atoms with E-state index in [9.17, 15) is 0 Å². The Morgan fingerprint density at radius 3 is 2.79 bits per heavy atom. The summed E-state index contributed by atoms with van der Waals surface area (Å²) in [5, 5.41) is 12.5. The monoisotopic (exact) mass is 391 g/mol. The standard InChI is InChI=1S/C22H29N7/c1-23-10-11-28(2)14-15-4-3-5-16(12-15)20-26-21(25-17-6-7-17)19-13-24-29(18-8-9-18)22(19)27-20/h3-5,12-13,17-18,23H,6-11,14H2,1-2H3,(H,25,26,27). The van der Waals surface area contributed by atoms with Gasteiger partial charge in [-0.25, -0.2) is 14.6 Å². The van der Waals surface area contributed by atoms with Gasteiger partial charge in [0.2, 0.25) is 0 Å². The fourth-order valence-electron chi connectivity index (χ4n) is 3.67. The van der Waals surface area contributed by atoms with Crippen LogP contribution in [0.1, 0.15) is 37.3 Å². The molecule has 152 valence electrons. The molecule has 2 fully saturated rings. The number of benzene rings is 1. The maximum Gasteiger partial charge on any atom is 0.164 e. The summed E-state index contributed by atoms with van der Waals surface area (Å²) in [6.07, 6.45) is 6.74. The molecule has 0 unspecified atom stereocenters. The number of hydrogen-bond acceptors (Lipinski definition) is 6. The van der Waals surface area contributed by atoms with Crippen LogP contribution >= 0.6 is 0 Å². The van der Waals surface area contributed by atoms with Crippen molar-refractivity contribution in [2.24, 2.45) is 0 Å². The van der Waals surface area contributed by atoms with Gasteiger partial charge in [-0.15, -0.1) is 0 Å². The van der Waals surface area contributed by atoms with Crippen molar-refractivity contribution < 1.29 is 0 Å². The molecule has 2 heterocycles. The van der Waals surface area contributed by atoms with Crippen LogP contribution < -0.4 is 10.6 Å². The Morgan fingerprint density at radius 1 is 1.17 bits per heavy atom. The van der Waals surface area contributed by atoms with E-state index < -0.39 is 0 Å². The van der Waals surface area contributed by atoms with Gasteiger partial charge in [0.25, 0.3) is 0 Å². The maximum absolute atomic E-state index is 4.95. The maximum atomic E-state index is 4.95. The van der Waals surface area contributed by atoms with Crippen molar-refractivity contribution in [3.8, 4) is 11.4 Å². The van der Waals surface area contributed by atoms with Crippen LogP contribution in [-0.2, 0) is 6.54 Å². The summed E-state index contributed by atoms with van der Waals surface area (Å²) >= 11 is 0. The van der Waals surface area contributed by atoms with E-state index in [1.54, 1.807) is 0 Å². The number of aromatic nitrogens is 4. The number of nitrogens with zero attached hydrogens (tertiary/aromatic N) is 5. The molecule has 0 bridgehead atoms. The molecule has 2 aliphatic rings. The second-order valence-corrected chi connectivity index (χ2v) is 8.41. The van der Waals surface area contributed by atoms with Crippen LogP contribution in [0.3, 0.4) is 0 Å². The lowest BCUT2D eigenvalue weighted by atomic mass is 10.1. The summed E-state index contributed by atoms with van der Waals surface area (Å²) in [5.74, 6) is 1.71. The number of likely N-dealkylation sites (N-methyl/N-ethyl adjacent to an activating group) is 2. The molecular formula is C22H29N7. The minimum Gasteiger partial charge on any atom is -0.367 e. The Labute approximate surface area is 171 Å². The highest BCUT2D eigenvalue weighted by Gasteiger charge is 2.29. The van der Waals surface area contributed by atoms with E-state index in [2.05, 4.69) is 56.6 Å². The van der Waals surface area contributed by atoms with Gasteiger partial charge in [0.05, 0.1) is 17.6 Å². The third-order valence-corrected chi connectivity index (χ3v) is 5.65. The first-order valence-electron chi connectivity index (χ1n) is 10.7. The fourth-order valence-corrected chi connectivity index (χ4v) is 3.67. The highest BCUT2D eigenvalue weighted by molar-refractivity contribution is 5.88. The number of hydrogen-bond donors (Lipinski definition) is 2. The SMILES string of the molecule is CNCCN(C)Cc1cccc(-c2nc(NC3CC3)c3cnn(C4CC4)c3n2)c1. The van der Waals surface area contributed by atoms with Crippen LogP contribution in [0.15, 0.2) is 30.5 Å². The third kappa shape index (κ3) is 4.11. The lowest BCUT2D eigenvalue weighted by Gasteiger charge is -2.17. The van der Waals surface area contributed by atoms with E-state index >= 15 is 0 Å². The van der Waals surface area contributed by atoms with Crippen LogP contribution in [0.25, 0.3) is 22.4 Å². The molecule has 2 aliphatic carbocycles. The van der Waals surface area contributed by atoms with Crippen LogP contribution in [0, 0.1) is 0 Å². The van der Waals surface area contributed by atoms with Crippen molar-refractivity contribution in [2.45, 2.75) is 44.3 Å². The second-order valence-electron chi connectivity index (χ2n) is 8.41. The van der Waals surface area contributed by atoms with Crippen LogP contribution in [0.2, 0.25) is 0 Å². The first kappa shape index (κ1) is 18.5. The minimum atomic E-state index is 0.496. The van der Waals surface area contributed by atoms with Gasteiger partial charge in [0.15, 0.2) is 11.5 Å². The Kier molecular flexibility index (Phi) is 4.93. The molecule has 0 saturated heterocycles. The van der Waals surface area contributed by atoms with Crippen molar-refractivity contribution in [1.29, 1.82) is 0 Å². The van der Waals surface area contributed by atoms with Crippen molar-refractivity contribution >= 4 is 16.9 Å². The molecule has 2 saturated carbocycles. The Bertz CT molecular complexity index is 1000.